The fraction of sp³-hybridized carbons (Fsp3) is 0.455. The molecule has 6 heteroatoms. The molecule has 2 aromatic rings. The van der Waals surface area contributed by atoms with Gasteiger partial charge in [0, 0.05) is 25.0 Å². The summed E-state index contributed by atoms with van der Waals surface area (Å²) in [6.45, 7) is 1.36. The zero-order chi connectivity index (χ0) is 11.5. The molecule has 0 amide bonds. The summed E-state index contributed by atoms with van der Waals surface area (Å²) in [7, 11) is 0. The minimum Gasteiger partial charge on any atom is -0.308 e. The molecule has 88 valence electrons. The highest BCUT2D eigenvalue weighted by Crippen LogP contribution is 2.18. The van der Waals surface area contributed by atoms with Crippen LogP contribution in [0.3, 0.4) is 0 Å². The zero-order valence-corrected chi connectivity index (χ0v) is 9.45. The van der Waals surface area contributed by atoms with Gasteiger partial charge >= 0.3 is 0 Å². The highest BCUT2D eigenvalue weighted by Gasteiger charge is 2.20. The first-order valence-electron chi connectivity index (χ1n) is 5.78. The molecule has 1 fully saturated rings. The molecule has 3 rings (SSSR count). The third-order valence-corrected chi connectivity index (χ3v) is 2.66. The van der Waals surface area contributed by atoms with Crippen LogP contribution in [0.1, 0.15) is 24.4 Å². The zero-order valence-electron chi connectivity index (χ0n) is 9.45. The Hall–Kier alpha value is -1.82. The van der Waals surface area contributed by atoms with Crippen LogP contribution in [0.15, 0.2) is 24.7 Å². The van der Waals surface area contributed by atoms with Gasteiger partial charge in [-0.3, -0.25) is 0 Å². The van der Waals surface area contributed by atoms with Crippen LogP contribution in [0.5, 0.6) is 0 Å². The number of nitrogens with one attached hydrogen (secondary N) is 1. The first kappa shape index (κ1) is 10.3. The Morgan fingerprint density at radius 1 is 1.29 bits per heavy atom. The second kappa shape index (κ2) is 4.58. The van der Waals surface area contributed by atoms with Gasteiger partial charge in [-0.15, -0.1) is 5.10 Å². The highest BCUT2D eigenvalue weighted by atomic mass is 15.4. The predicted molar refractivity (Wildman–Crippen MR) is 61.0 cm³/mol. The number of aromatic nitrogens is 5. The third-order valence-electron chi connectivity index (χ3n) is 2.66. The number of hydrogen-bond donors (Lipinski definition) is 1. The molecular formula is C11H14N6. The maximum Gasteiger partial charge on any atom is 0.149 e. The molecule has 0 spiro atoms. The Labute approximate surface area is 99.1 Å². The molecular weight excluding hydrogens is 216 g/mol. The van der Waals surface area contributed by atoms with E-state index in [1.807, 2.05) is 6.20 Å². The normalized spacial score (nSPS) is 15.1. The quantitative estimate of drug-likeness (QED) is 0.803. The summed E-state index contributed by atoms with van der Waals surface area (Å²) in [4.78, 5) is 8.30. The van der Waals surface area contributed by atoms with Crippen molar-refractivity contribution in [3.63, 3.8) is 0 Å². The molecule has 6 nitrogen and oxygen atoms in total. The lowest BCUT2D eigenvalue weighted by molar-refractivity contribution is 0.623. The Bertz CT molecular complexity index is 476. The molecule has 2 heterocycles. The first-order valence-corrected chi connectivity index (χ1v) is 5.78. The second-order valence-corrected chi connectivity index (χ2v) is 4.23. The van der Waals surface area contributed by atoms with Crippen molar-refractivity contribution < 1.29 is 0 Å². The van der Waals surface area contributed by atoms with Gasteiger partial charge in [0.1, 0.15) is 12.4 Å². The highest BCUT2D eigenvalue weighted by molar-refractivity contribution is 4.96. The molecule has 1 saturated carbocycles. The van der Waals surface area contributed by atoms with E-state index in [0.29, 0.717) is 12.6 Å². The lowest BCUT2D eigenvalue weighted by atomic mass is 10.4. The van der Waals surface area contributed by atoms with E-state index in [0.717, 1.165) is 18.1 Å². The van der Waals surface area contributed by atoms with E-state index in [1.54, 1.807) is 23.1 Å². The van der Waals surface area contributed by atoms with Crippen LogP contribution in [-0.4, -0.2) is 31.0 Å². The Kier molecular flexibility index (Phi) is 2.79. The molecule has 1 aliphatic rings. The maximum atomic E-state index is 4.15. The summed E-state index contributed by atoms with van der Waals surface area (Å²) in [5, 5.41) is 11.6. The van der Waals surface area contributed by atoms with Gasteiger partial charge in [0.2, 0.25) is 0 Å². The van der Waals surface area contributed by atoms with Crippen molar-refractivity contribution in [2.24, 2.45) is 0 Å². The van der Waals surface area contributed by atoms with Crippen LogP contribution in [0.2, 0.25) is 0 Å². The minimum atomic E-state index is 0.567. The standard InChI is InChI=1S/C11H14N6/c1-4-12-11(13-5-1)8-17-7-10(15-16-17)6-14-9-2-3-9/h1,4-5,7,9,14H,2-3,6,8H2. The fourth-order valence-corrected chi connectivity index (χ4v) is 1.59. The van der Waals surface area contributed by atoms with Crippen molar-refractivity contribution in [1.82, 2.24) is 30.3 Å². The monoisotopic (exact) mass is 230 g/mol. The summed E-state index contributed by atoms with van der Waals surface area (Å²) in [5.74, 6) is 0.749. The van der Waals surface area contributed by atoms with Gasteiger partial charge < -0.3 is 5.32 Å². The summed E-state index contributed by atoms with van der Waals surface area (Å²) in [5.41, 5.74) is 0.966. The van der Waals surface area contributed by atoms with Crippen molar-refractivity contribution in [3.8, 4) is 0 Å². The van der Waals surface area contributed by atoms with E-state index in [4.69, 9.17) is 0 Å². The van der Waals surface area contributed by atoms with Crippen LogP contribution >= 0.6 is 0 Å². The minimum absolute atomic E-state index is 0.567. The van der Waals surface area contributed by atoms with E-state index in [-0.39, 0.29) is 0 Å². The summed E-state index contributed by atoms with van der Waals surface area (Å²) < 4.78 is 1.76. The van der Waals surface area contributed by atoms with Crippen molar-refractivity contribution in [3.05, 3.63) is 36.2 Å². The second-order valence-electron chi connectivity index (χ2n) is 4.23. The van der Waals surface area contributed by atoms with Crippen LogP contribution in [-0.2, 0) is 13.1 Å². The predicted octanol–water partition coefficient (Wildman–Crippen LogP) is 0.368. The Morgan fingerprint density at radius 2 is 2.12 bits per heavy atom. The number of rotatable bonds is 5. The lowest BCUT2D eigenvalue weighted by Crippen LogP contribution is -2.15. The molecule has 0 radical (unpaired) electrons. The van der Waals surface area contributed by atoms with Gasteiger partial charge in [-0.05, 0) is 18.9 Å². The topological polar surface area (TPSA) is 68.5 Å². The fourth-order valence-electron chi connectivity index (χ4n) is 1.59. The summed E-state index contributed by atoms with van der Waals surface area (Å²) >= 11 is 0. The van der Waals surface area contributed by atoms with Crippen LogP contribution in [0.4, 0.5) is 0 Å². The van der Waals surface area contributed by atoms with E-state index in [1.165, 1.54) is 12.8 Å². The molecule has 0 atom stereocenters. The van der Waals surface area contributed by atoms with Crippen molar-refractivity contribution in [1.29, 1.82) is 0 Å². The van der Waals surface area contributed by atoms with Gasteiger partial charge in [-0.25, -0.2) is 14.6 Å². The summed E-state index contributed by atoms with van der Waals surface area (Å²) in [6.07, 6.45) is 7.97. The molecule has 1 aliphatic carbocycles. The number of hydrogen-bond acceptors (Lipinski definition) is 5. The average Bonchev–Trinajstić information content (AvgIpc) is 3.09. The molecule has 1 N–H and O–H groups in total. The van der Waals surface area contributed by atoms with Gasteiger partial charge in [0.05, 0.1) is 11.9 Å². The van der Waals surface area contributed by atoms with Gasteiger partial charge in [0.15, 0.2) is 0 Å². The SMILES string of the molecule is c1cnc(Cn2cc(CNC3CC3)nn2)nc1. The molecule has 0 bridgehead atoms. The van der Waals surface area contributed by atoms with Gasteiger partial charge in [-0.2, -0.15) is 0 Å². The Balaban J connectivity index is 1.59. The van der Waals surface area contributed by atoms with Crippen LogP contribution in [0, 0.1) is 0 Å². The first-order chi connectivity index (χ1) is 8.40. The van der Waals surface area contributed by atoms with E-state index in [9.17, 15) is 0 Å². The van der Waals surface area contributed by atoms with Crippen molar-refractivity contribution >= 4 is 0 Å². The largest absolute Gasteiger partial charge is 0.308 e. The van der Waals surface area contributed by atoms with E-state index >= 15 is 0 Å². The molecule has 0 aromatic carbocycles. The molecule has 2 aromatic heterocycles. The van der Waals surface area contributed by atoms with E-state index in [2.05, 4.69) is 25.6 Å². The van der Waals surface area contributed by atoms with Crippen molar-refractivity contribution in [2.75, 3.05) is 0 Å². The van der Waals surface area contributed by atoms with Crippen LogP contribution < -0.4 is 5.32 Å². The van der Waals surface area contributed by atoms with Gasteiger partial charge in [0.25, 0.3) is 0 Å². The molecule has 17 heavy (non-hydrogen) atoms. The van der Waals surface area contributed by atoms with E-state index < -0.39 is 0 Å². The third kappa shape index (κ3) is 2.85. The maximum absolute atomic E-state index is 4.15. The average molecular weight is 230 g/mol. The Morgan fingerprint density at radius 3 is 2.88 bits per heavy atom. The molecule has 0 unspecified atom stereocenters. The smallest absolute Gasteiger partial charge is 0.149 e. The number of nitrogens with zero attached hydrogens (tertiary/aromatic N) is 5. The van der Waals surface area contributed by atoms with Crippen LogP contribution in [0.25, 0.3) is 0 Å². The molecule has 0 saturated heterocycles. The van der Waals surface area contributed by atoms with Crippen molar-refractivity contribution in [2.45, 2.75) is 32.0 Å². The summed E-state index contributed by atoms with van der Waals surface area (Å²) in [6, 6.07) is 2.49. The lowest BCUT2D eigenvalue weighted by Gasteiger charge is -1.98. The molecule has 0 aliphatic heterocycles. The van der Waals surface area contributed by atoms with Gasteiger partial charge in [-0.1, -0.05) is 5.21 Å².